The molecule has 0 aliphatic carbocycles. The lowest BCUT2D eigenvalue weighted by Gasteiger charge is -2.36. The van der Waals surface area contributed by atoms with Crippen molar-refractivity contribution in [3.8, 4) is 0 Å². The smallest absolute Gasteiger partial charge is 0.250 e. The Balaban J connectivity index is 1.35. The molecule has 0 bridgehead atoms. The fourth-order valence-corrected chi connectivity index (χ4v) is 3.73. The summed E-state index contributed by atoms with van der Waals surface area (Å²) in [5.74, 6) is -0.455. The number of benzene rings is 2. The van der Waals surface area contributed by atoms with Crippen molar-refractivity contribution in [1.29, 1.82) is 0 Å². The molecule has 0 aromatic heterocycles. The summed E-state index contributed by atoms with van der Waals surface area (Å²) < 4.78 is 0. The molecule has 2 aromatic rings. The van der Waals surface area contributed by atoms with Crippen LogP contribution in [0.5, 0.6) is 0 Å². The predicted octanol–water partition coefficient (Wildman–Crippen LogP) is 2.64. The molecule has 2 aromatic carbocycles. The molecule has 1 heterocycles. The molecule has 29 heavy (non-hydrogen) atoms. The maximum Gasteiger partial charge on any atom is 0.250 e. The molecular weight excluding hydrogens is 366 g/mol. The number of para-hydroxylation sites is 1. The zero-order valence-corrected chi connectivity index (χ0v) is 16.8. The second-order valence-corrected chi connectivity index (χ2v) is 7.51. The number of unbranched alkanes of at least 4 members (excludes halogenated alkanes) is 1. The van der Waals surface area contributed by atoms with Crippen molar-refractivity contribution in [3.05, 3.63) is 60.2 Å². The highest BCUT2D eigenvalue weighted by Crippen LogP contribution is 2.22. The van der Waals surface area contributed by atoms with Gasteiger partial charge in [-0.05, 0) is 55.6 Å². The Kier molecular flexibility index (Phi) is 8.04. The summed E-state index contributed by atoms with van der Waals surface area (Å²) in [5.41, 5.74) is 2.68. The van der Waals surface area contributed by atoms with E-state index >= 15 is 0 Å². The number of aliphatic hydroxyl groups excluding tert-OH is 2. The van der Waals surface area contributed by atoms with E-state index in [1.54, 1.807) is 18.2 Å². The van der Waals surface area contributed by atoms with Crippen LogP contribution in [0.15, 0.2) is 54.6 Å². The Morgan fingerprint density at radius 1 is 1.00 bits per heavy atom. The van der Waals surface area contributed by atoms with E-state index in [0.29, 0.717) is 12.1 Å². The van der Waals surface area contributed by atoms with E-state index in [9.17, 15) is 9.90 Å². The molecule has 0 radical (unpaired) electrons. The second kappa shape index (κ2) is 11.0. The van der Waals surface area contributed by atoms with Crippen molar-refractivity contribution in [3.63, 3.8) is 0 Å². The number of nitrogens with one attached hydrogen (secondary N) is 1. The van der Waals surface area contributed by atoms with Gasteiger partial charge in [0, 0.05) is 37.6 Å². The molecule has 1 fully saturated rings. The molecule has 1 atom stereocenters. The van der Waals surface area contributed by atoms with E-state index in [1.165, 1.54) is 5.69 Å². The van der Waals surface area contributed by atoms with Crippen molar-refractivity contribution in [2.24, 2.45) is 0 Å². The summed E-state index contributed by atoms with van der Waals surface area (Å²) >= 11 is 0. The molecule has 1 unspecified atom stereocenters. The van der Waals surface area contributed by atoms with Crippen LogP contribution in [0, 0.1) is 0 Å². The van der Waals surface area contributed by atoms with E-state index in [2.05, 4.69) is 45.4 Å². The maximum absolute atomic E-state index is 11.3. The first kappa shape index (κ1) is 21.3. The molecule has 6 nitrogen and oxygen atoms in total. The van der Waals surface area contributed by atoms with Gasteiger partial charge in [-0.15, -0.1) is 0 Å². The topological polar surface area (TPSA) is 76.0 Å². The summed E-state index contributed by atoms with van der Waals surface area (Å²) in [4.78, 5) is 16.2. The van der Waals surface area contributed by atoms with Gasteiger partial charge in [-0.1, -0.05) is 30.3 Å². The van der Waals surface area contributed by atoms with Crippen LogP contribution in [0.1, 0.15) is 30.9 Å². The number of carbonyl (C=O) groups excluding carboxylic acids is 1. The van der Waals surface area contributed by atoms with E-state index in [1.807, 2.05) is 6.07 Å². The van der Waals surface area contributed by atoms with Gasteiger partial charge in [0.05, 0.1) is 6.10 Å². The minimum Gasteiger partial charge on any atom is -0.388 e. The summed E-state index contributed by atoms with van der Waals surface area (Å²) in [6, 6.07) is 17.7. The van der Waals surface area contributed by atoms with Crippen LogP contribution in [0.2, 0.25) is 0 Å². The molecule has 1 saturated heterocycles. The van der Waals surface area contributed by atoms with Gasteiger partial charge >= 0.3 is 0 Å². The first-order valence-corrected chi connectivity index (χ1v) is 10.4. The Bertz CT molecular complexity index is 761. The van der Waals surface area contributed by atoms with Gasteiger partial charge < -0.3 is 20.4 Å². The molecule has 0 spiro atoms. The van der Waals surface area contributed by atoms with E-state index < -0.39 is 18.6 Å². The molecule has 156 valence electrons. The van der Waals surface area contributed by atoms with Crippen LogP contribution < -0.4 is 10.2 Å². The first-order chi connectivity index (χ1) is 14.2. The summed E-state index contributed by atoms with van der Waals surface area (Å²) in [6.45, 7) is 4.76. The average Bonchev–Trinajstić information content (AvgIpc) is 2.77. The Labute approximate surface area is 172 Å². The van der Waals surface area contributed by atoms with Crippen molar-refractivity contribution >= 4 is 17.3 Å². The highest BCUT2D eigenvalue weighted by Gasteiger charge is 2.17. The predicted molar refractivity (Wildman–Crippen MR) is 116 cm³/mol. The monoisotopic (exact) mass is 397 g/mol. The van der Waals surface area contributed by atoms with Gasteiger partial charge in [-0.2, -0.15) is 0 Å². The van der Waals surface area contributed by atoms with Crippen molar-refractivity contribution < 1.29 is 15.0 Å². The van der Waals surface area contributed by atoms with Gasteiger partial charge in [0.1, 0.15) is 6.61 Å². The van der Waals surface area contributed by atoms with Crippen molar-refractivity contribution in [2.45, 2.75) is 25.4 Å². The molecule has 1 aliphatic rings. The van der Waals surface area contributed by atoms with Gasteiger partial charge in [-0.25, -0.2) is 0 Å². The molecular formula is C23H31N3O3. The molecule has 3 N–H and O–H groups in total. The SMILES string of the molecule is O=C(CO)Nc1cccc(C(O)CCCCN2CCN(c3ccccc3)CC2)c1. The molecule has 1 amide bonds. The van der Waals surface area contributed by atoms with E-state index in [4.69, 9.17) is 5.11 Å². The lowest BCUT2D eigenvalue weighted by atomic mass is 10.0. The minimum atomic E-state index is -0.549. The average molecular weight is 398 g/mol. The normalized spacial score (nSPS) is 15.9. The number of nitrogens with zero attached hydrogens (tertiary/aromatic N) is 2. The van der Waals surface area contributed by atoms with Gasteiger partial charge in [0.2, 0.25) is 5.91 Å². The third kappa shape index (κ3) is 6.56. The third-order valence-corrected chi connectivity index (χ3v) is 5.39. The highest BCUT2D eigenvalue weighted by molar-refractivity contribution is 5.91. The minimum absolute atomic E-state index is 0.455. The van der Waals surface area contributed by atoms with Crippen LogP contribution in [0.3, 0.4) is 0 Å². The van der Waals surface area contributed by atoms with Gasteiger partial charge in [0.15, 0.2) is 0 Å². The number of amides is 1. The maximum atomic E-state index is 11.3. The Hall–Kier alpha value is -2.41. The largest absolute Gasteiger partial charge is 0.388 e. The zero-order chi connectivity index (χ0) is 20.5. The molecule has 3 rings (SSSR count). The van der Waals surface area contributed by atoms with Crippen LogP contribution in [-0.2, 0) is 4.79 Å². The zero-order valence-electron chi connectivity index (χ0n) is 16.8. The Morgan fingerprint density at radius 2 is 1.76 bits per heavy atom. The van der Waals surface area contributed by atoms with Crippen LogP contribution >= 0.6 is 0 Å². The standard InChI is InChI=1S/C23H31N3O3/c27-18-23(29)24-20-8-6-7-19(17-20)22(28)11-4-5-12-25-13-15-26(16-14-25)21-9-2-1-3-10-21/h1-3,6-10,17,22,27-28H,4-5,11-16,18H2,(H,24,29). The van der Waals surface area contributed by atoms with Crippen LogP contribution in [0.4, 0.5) is 11.4 Å². The van der Waals surface area contributed by atoms with Crippen LogP contribution in [-0.4, -0.2) is 60.4 Å². The highest BCUT2D eigenvalue weighted by atomic mass is 16.3. The van der Waals surface area contributed by atoms with Gasteiger partial charge in [-0.3, -0.25) is 9.69 Å². The van der Waals surface area contributed by atoms with Crippen molar-refractivity contribution in [1.82, 2.24) is 4.90 Å². The molecule has 0 saturated carbocycles. The molecule has 1 aliphatic heterocycles. The lowest BCUT2D eigenvalue weighted by Crippen LogP contribution is -2.46. The van der Waals surface area contributed by atoms with Crippen molar-refractivity contribution in [2.75, 3.05) is 49.5 Å². The quantitative estimate of drug-likeness (QED) is 0.567. The fourth-order valence-electron chi connectivity index (χ4n) is 3.73. The second-order valence-electron chi connectivity index (χ2n) is 7.51. The number of anilines is 2. The number of hydrogen-bond acceptors (Lipinski definition) is 5. The fraction of sp³-hybridized carbons (Fsp3) is 0.435. The number of aliphatic hydroxyl groups is 2. The van der Waals surface area contributed by atoms with Gasteiger partial charge in [0.25, 0.3) is 0 Å². The van der Waals surface area contributed by atoms with E-state index in [0.717, 1.165) is 51.1 Å². The number of rotatable bonds is 9. The third-order valence-electron chi connectivity index (χ3n) is 5.39. The first-order valence-electron chi connectivity index (χ1n) is 10.4. The summed E-state index contributed by atoms with van der Waals surface area (Å²) in [6.07, 6.45) is 2.16. The molecule has 6 heteroatoms. The summed E-state index contributed by atoms with van der Waals surface area (Å²) in [7, 11) is 0. The van der Waals surface area contributed by atoms with Crippen LogP contribution in [0.25, 0.3) is 0 Å². The van der Waals surface area contributed by atoms with E-state index in [-0.39, 0.29) is 0 Å². The number of piperazine rings is 1. The Morgan fingerprint density at radius 3 is 2.48 bits per heavy atom. The number of carbonyl (C=O) groups is 1. The number of hydrogen-bond donors (Lipinski definition) is 3. The lowest BCUT2D eigenvalue weighted by molar-refractivity contribution is -0.118. The summed E-state index contributed by atoms with van der Waals surface area (Å²) in [5, 5.41) is 21.9.